The number of carbonyl (C=O) groups is 1. The van der Waals surface area contributed by atoms with Gasteiger partial charge < -0.3 is 5.11 Å². The van der Waals surface area contributed by atoms with Crippen molar-refractivity contribution in [2.45, 2.75) is 19.3 Å². The van der Waals surface area contributed by atoms with E-state index in [2.05, 4.69) is 9.97 Å². The molecule has 2 rings (SSSR count). The Hall–Kier alpha value is -2.23. The summed E-state index contributed by atoms with van der Waals surface area (Å²) in [6.45, 7) is 2.00. The molecule has 0 aliphatic carbocycles. The van der Waals surface area contributed by atoms with Gasteiger partial charge >= 0.3 is 5.97 Å². The van der Waals surface area contributed by atoms with E-state index in [9.17, 15) is 9.90 Å². The molecule has 1 aromatic heterocycles. The smallest absolute Gasteiger partial charge is 0.314 e. The maximum absolute atomic E-state index is 11.3. The van der Waals surface area contributed by atoms with Gasteiger partial charge in [0.1, 0.15) is 11.7 Å². The van der Waals surface area contributed by atoms with E-state index in [1.807, 2.05) is 31.2 Å². The van der Waals surface area contributed by atoms with Gasteiger partial charge in [-0.2, -0.15) is 0 Å². The number of aromatic nitrogens is 2. The van der Waals surface area contributed by atoms with Crippen molar-refractivity contribution in [3.63, 3.8) is 0 Å². The van der Waals surface area contributed by atoms with Crippen molar-refractivity contribution in [3.8, 4) is 0 Å². The third-order valence-electron chi connectivity index (χ3n) is 2.76. The number of aryl methyl sites for hydroxylation is 1. The van der Waals surface area contributed by atoms with Gasteiger partial charge in [0.15, 0.2) is 0 Å². The van der Waals surface area contributed by atoms with Crippen LogP contribution in [0.15, 0.2) is 42.7 Å². The predicted octanol–water partition coefficient (Wildman–Crippen LogP) is 2.20. The van der Waals surface area contributed by atoms with Crippen molar-refractivity contribution < 1.29 is 9.90 Å². The average Bonchev–Trinajstić information content (AvgIpc) is 2.38. The Balaban J connectivity index is 2.22. The first-order chi connectivity index (χ1) is 8.66. The minimum Gasteiger partial charge on any atom is -0.481 e. The molecular weight excluding hydrogens is 228 g/mol. The molecule has 1 N–H and O–H groups in total. The van der Waals surface area contributed by atoms with Crippen LogP contribution in [-0.2, 0) is 11.2 Å². The van der Waals surface area contributed by atoms with E-state index in [4.69, 9.17) is 0 Å². The highest BCUT2D eigenvalue weighted by atomic mass is 16.4. The number of aliphatic carboxylic acids is 1. The molecule has 92 valence electrons. The second-order valence-electron chi connectivity index (χ2n) is 4.19. The lowest BCUT2D eigenvalue weighted by molar-refractivity contribution is -0.139. The van der Waals surface area contributed by atoms with Crippen molar-refractivity contribution in [1.29, 1.82) is 0 Å². The normalized spacial score (nSPS) is 12.1. The molecule has 1 heterocycles. The number of hydrogen-bond donors (Lipinski definition) is 1. The Morgan fingerprint density at radius 1 is 1.22 bits per heavy atom. The fraction of sp³-hybridized carbons (Fsp3) is 0.214. The van der Waals surface area contributed by atoms with E-state index in [0.717, 1.165) is 11.1 Å². The van der Waals surface area contributed by atoms with Crippen molar-refractivity contribution in [2.75, 3.05) is 0 Å². The van der Waals surface area contributed by atoms with Crippen LogP contribution < -0.4 is 0 Å². The highest BCUT2D eigenvalue weighted by Crippen LogP contribution is 2.18. The summed E-state index contributed by atoms with van der Waals surface area (Å²) < 4.78 is 0. The van der Waals surface area contributed by atoms with Crippen molar-refractivity contribution in [3.05, 3.63) is 59.7 Å². The largest absolute Gasteiger partial charge is 0.481 e. The second kappa shape index (κ2) is 5.40. The summed E-state index contributed by atoms with van der Waals surface area (Å²) in [5.74, 6) is -1.25. The monoisotopic (exact) mass is 242 g/mol. The minimum atomic E-state index is -0.901. The van der Waals surface area contributed by atoms with Gasteiger partial charge in [0.25, 0.3) is 0 Å². The molecule has 1 unspecified atom stereocenters. The van der Waals surface area contributed by atoms with Crippen LogP contribution in [0.5, 0.6) is 0 Å². The van der Waals surface area contributed by atoms with E-state index >= 15 is 0 Å². The molecule has 0 fully saturated rings. The fourth-order valence-corrected chi connectivity index (χ4v) is 1.74. The first kappa shape index (κ1) is 12.2. The van der Waals surface area contributed by atoms with Gasteiger partial charge in [-0.25, -0.2) is 9.97 Å². The zero-order valence-corrected chi connectivity index (χ0v) is 10.1. The van der Waals surface area contributed by atoms with Gasteiger partial charge in [-0.1, -0.05) is 29.8 Å². The number of carboxylic acid groups (broad SMARTS) is 1. The number of hydrogen-bond acceptors (Lipinski definition) is 3. The highest BCUT2D eigenvalue weighted by molar-refractivity contribution is 5.75. The van der Waals surface area contributed by atoms with E-state index in [0.29, 0.717) is 12.2 Å². The number of rotatable bonds is 4. The Kier molecular flexibility index (Phi) is 3.67. The number of nitrogens with zero attached hydrogens (tertiary/aromatic N) is 2. The maximum Gasteiger partial charge on any atom is 0.314 e. The molecule has 18 heavy (non-hydrogen) atoms. The van der Waals surface area contributed by atoms with E-state index in [1.165, 1.54) is 0 Å². The summed E-state index contributed by atoms with van der Waals surface area (Å²) in [4.78, 5) is 19.3. The van der Waals surface area contributed by atoms with Crippen LogP contribution in [0.2, 0.25) is 0 Å². The number of carboxylic acids is 1. The van der Waals surface area contributed by atoms with Gasteiger partial charge in [0, 0.05) is 12.4 Å². The van der Waals surface area contributed by atoms with Crippen LogP contribution >= 0.6 is 0 Å². The summed E-state index contributed by atoms with van der Waals surface area (Å²) in [6.07, 6.45) is 3.53. The summed E-state index contributed by atoms with van der Waals surface area (Å²) in [5.41, 5.74) is 2.13. The quantitative estimate of drug-likeness (QED) is 0.892. The molecule has 0 radical (unpaired) electrons. The first-order valence-corrected chi connectivity index (χ1v) is 5.72. The van der Waals surface area contributed by atoms with Gasteiger partial charge in [0.2, 0.25) is 0 Å². The van der Waals surface area contributed by atoms with Crippen LogP contribution in [-0.4, -0.2) is 21.0 Å². The maximum atomic E-state index is 11.3. The molecule has 1 aromatic carbocycles. The van der Waals surface area contributed by atoms with E-state index in [1.54, 1.807) is 18.5 Å². The zero-order valence-electron chi connectivity index (χ0n) is 10.1. The average molecular weight is 242 g/mol. The molecular formula is C14H14N2O2. The minimum absolute atomic E-state index is 0.352. The molecule has 0 spiro atoms. The molecule has 4 nitrogen and oxygen atoms in total. The number of benzene rings is 1. The summed E-state index contributed by atoms with van der Waals surface area (Å²) in [5, 5.41) is 9.26. The van der Waals surface area contributed by atoms with Gasteiger partial charge in [-0.3, -0.25) is 4.79 Å². The molecule has 0 saturated heterocycles. The summed E-state index contributed by atoms with van der Waals surface area (Å²) in [7, 11) is 0. The van der Waals surface area contributed by atoms with Crippen LogP contribution in [0.25, 0.3) is 0 Å². The van der Waals surface area contributed by atoms with Crippen molar-refractivity contribution in [2.24, 2.45) is 0 Å². The van der Waals surface area contributed by atoms with Crippen LogP contribution in [0.4, 0.5) is 0 Å². The fourth-order valence-electron chi connectivity index (χ4n) is 1.74. The third kappa shape index (κ3) is 2.91. The van der Waals surface area contributed by atoms with Crippen molar-refractivity contribution >= 4 is 5.97 Å². The Bertz CT molecular complexity index is 523. The van der Waals surface area contributed by atoms with Gasteiger partial charge in [-0.05, 0) is 25.0 Å². The van der Waals surface area contributed by atoms with E-state index in [-0.39, 0.29) is 0 Å². The third-order valence-corrected chi connectivity index (χ3v) is 2.76. The lowest BCUT2D eigenvalue weighted by Crippen LogP contribution is -2.17. The van der Waals surface area contributed by atoms with Crippen LogP contribution in [0.1, 0.15) is 22.9 Å². The molecule has 0 aliphatic heterocycles. The molecule has 0 saturated carbocycles. The van der Waals surface area contributed by atoms with Crippen LogP contribution in [0.3, 0.4) is 0 Å². The Morgan fingerprint density at radius 3 is 2.39 bits per heavy atom. The van der Waals surface area contributed by atoms with Crippen molar-refractivity contribution in [1.82, 2.24) is 9.97 Å². The first-order valence-electron chi connectivity index (χ1n) is 5.72. The van der Waals surface area contributed by atoms with Crippen LogP contribution in [0, 0.1) is 6.92 Å². The summed E-state index contributed by atoms with van der Waals surface area (Å²) in [6, 6.07) is 9.50. The molecule has 1 atom stereocenters. The lowest BCUT2D eigenvalue weighted by Gasteiger charge is -2.10. The van der Waals surface area contributed by atoms with Gasteiger partial charge in [0.05, 0.1) is 0 Å². The molecule has 4 heteroatoms. The zero-order chi connectivity index (χ0) is 13.0. The topological polar surface area (TPSA) is 63.1 Å². The van der Waals surface area contributed by atoms with E-state index < -0.39 is 11.9 Å². The SMILES string of the molecule is Cc1ccc(CC(C(=O)O)c2ncccn2)cc1. The molecule has 2 aromatic rings. The molecule has 0 aliphatic rings. The Morgan fingerprint density at radius 2 is 1.83 bits per heavy atom. The predicted molar refractivity (Wildman–Crippen MR) is 67.3 cm³/mol. The standard InChI is InChI=1S/C14H14N2O2/c1-10-3-5-11(6-4-10)9-12(14(17)18)13-15-7-2-8-16-13/h2-8,12H,9H2,1H3,(H,17,18). The highest BCUT2D eigenvalue weighted by Gasteiger charge is 2.22. The molecule has 0 amide bonds. The summed E-state index contributed by atoms with van der Waals surface area (Å²) >= 11 is 0. The molecule has 0 bridgehead atoms. The Labute approximate surface area is 105 Å². The second-order valence-corrected chi connectivity index (χ2v) is 4.19. The van der Waals surface area contributed by atoms with Gasteiger partial charge in [-0.15, -0.1) is 0 Å². The lowest BCUT2D eigenvalue weighted by atomic mass is 9.98.